The SMILES string of the molecule is COCCCNS(=O)(=O)c1cccc2cnccc12. The normalized spacial score (nSPS) is 11.8. The van der Waals surface area contributed by atoms with E-state index in [1.807, 2.05) is 6.07 Å². The van der Waals surface area contributed by atoms with Crippen LogP contribution in [0, 0.1) is 0 Å². The average molecular weight is 280 g/mol. The number of fused-ring (bicyclic) bond motifs is 1. The van der Waals surface area contributed by atoms with E-state index in [1.165, 1.54) is 0 Å². The van der Waals surface area contributed by atoms with Gasteiger partial charge in [-0.15, -0.1) is 0 Å². The maximum Gasteiger partial charge on any atom is 0.241 e. The number of sulfonamides is 1. The number of benzene rings is 1. The van der Waals surface area contributed by atoms with Gasteiger partial charge in [0.05, 0.1) is 4.90 Å². The molecule has 0 aliphatic carbocycles. The first-order chi connectivity index (χ1) is 9.15. The van der Waals surface area contributed by atoms with Gasteiger partial charge in [0.1, 0.15) is 0 Å². The standard InChI is InChI=1S/C13H16N2O3S/c1-18-9-3-7-15-19(16,17)13-5-2-4-11-10-14-8-6-12(11)13/h2,4-6,8,10,15H,3,7,9H2,1H3. The van der Waals surface area contributed by atoms with Gasteiger partial charge < -0.3 is 4.74 Å². The van der Waals surface area contributed by atoms with Crippen LogP contribution in [0.25, 0.3) is 10.8 Å². The lowest BCUT2D eigenvalue weighted by atomic mass is 10.2. The van der Waals surface area contributed by atoms with Crippen molar-refractivity contribution < 1.29 is 13.2 Å². The molecule has 0 unspecified atom stereocenters. The summed E-state index contributed by atoms with van der Waals surface area (Å²) in [6.45, 7) is 0.889. The van der Waals surface area contributed by atoms with Gasteiger partial charge in [0.2, 0.25) is 10.0 Å². The number of hydrogen-bond donors (Lipinski definition) is 1. The minimum atomic E-state index is -3.50. The van der Waals surface area contributed by atoms with Gasteiger partial charge in [0.15, 0.2) is 0 Å². The Bertz CT molecular complexity index is 650. The Morgan fingerprint density at radius 3 is 2.95 bits per heavy atom. The lowest BCUT2D eigenvalue weighted by molar-refractivity contribution is 0.196. The molecular formula is C13H16N2O3S. The van der Waals surface area contributed by atoms with Crippen LogP contribution in [0.5, 0.6) is 0 Å². The van der Waals surface area contributed by atoms with Gasteiger partial charge in [-0.05, 0) is 18.6 Å². The predicted octanol–water partition coefficient (Wildman–Crippen LogP) is 1.55. The zero-order chi connectivity index (χ0) is 13.7. The molecule has 1 aromatic carbocycles. The molecule has 0 saturated heterocycles. The highest BCUT2D eigenvalue weighted by atomic mass is 32.2. The molecule has 2 rings (SSSR count). The molecule has 0 aliphatic heterocycles. The molecule has 2 aromatic rings. The van der Waals surface area contributed by atoms with Crippen molar-refractivity contribution in [1.82, 2.24) is 9.71 Å². The molecule has 19 heavy (non-hydrogen) atoms. The molecule has 0 atom stereocenters. The van der Waals surface area contributed by atoms with E-state index in [2.05, 4.69) is 9.71 Å². The van der Waals surface area contributed by atoms with Gasteiger partial charge in [0, 0.05) is 43.4 Å². The molecule has 0 bridgehead atoms. The van der Waals surface area contributed by atoms with Crippen LogP contribution in [0.3, 0.4) is 0 Å². The number of rotatable bonds is 6. The predicted molar refractivity (Wildman–Crippen MR) is 73.4 cm³/mol. The Balaban J connectivity index is 2.28. The van der Waals surface area contributed by atoms with Crippen LogP contribution in [-0.2, 0) is 14.8 Å². The zero-order valence-electron chi connectivity index (χ0n) is 10.7. The molecule has 0 aliphatic rings. The minimum absolute atomic E-state index is 0.282. The molecule has 5 nitrogen and oxygen atoms in total. The van der Waals surface area contributed by atoms with Crippen LogP contribution in [0.15, 0.2) is 41.6 Å². The van der Waals surface area contributed by atoms with E-state index in [-0.39, 0.29) is 4.90 Å². The third-order valence-electron chi connectivity index (χ3n) is 2.75. The van der Waals surface area contributed by atoms with E-state index < -0.39 is 10.0 Å². The Labute approximate surface area is 112 Å². The largest absolute Gasteiger partial charge is 0.385 e. The second-order valence-corrected chi connectivity index (χ2v) is 5.83. The van der Waals surface area contributed by atoms with Crippen LogP contribution in [0.1, 0.15) is 6.42 Å². The molecule has 0 fully saturated rings. The average Bonchev–Trinajstić information content (AvgIpc) is 2.43. The van der Waals surface area contributed by atoms with Crippen LogP contribution in [-0.4, -0.2) is 33.7 Å². The smallest absolute Gasteiger partial charge is 0.241 e. The zero-order valence-corrected chi connectivity index (χ0v) is 11.5. The monoisotopic (exact) mass is 280 g/mol. The van der Waals surface area contributed by atoms with E-state index in [9.17, 15) is 8.42 Å². The lowest BCUT2D eigenvalue weighted by Gasteiger charge is -2.09. The first kappa shape index (κ1) is 13.9. The number of nitrogens with zero attached hydrogens (tertiary/aromatic N) is 1. The molecule has 1 aromatic heterocycles. The van der Waals surface area contributed by atoms with Crippen molar-refractivity contribution in [3.63, 3.8) is 0 Å². The number of methoxy groups -OCH3 is 1. The van der Waals surface area contributed by atoms with Gasteiger partial charge in [0.25, 0.3) is 0 Å². The Hall–Kier alpha value is -1.50. The van der Waals surface area contributed by atoms with Gasteiger partial charge in [-0.3, -0.25) is 4.98 Å². The van der Waals surface area contributed by atoms with Crippen molar-refractivity contribution in [2.45, 2.75) is 11.3 Å². The first-order valence-corrected chi connectivity index (χ1v) is 7.45. The van der Waals surface area contributed by atoms with Crippen molar-refractivity contribution in [1.29, 1.82) is 0 Å². The van der Waals surface area contributed by atoms with Crippen LogP contribution >= 0.6 is 0 Å². The van der Waals surface area contributed by atoms with Crippen molar-refractivity contribution in [3.8, 4) is 0 Å². The third-order valence-corrected chi connectivity index (χ3v) is 4.27. The fraction of sp³-hybridized carbons (Fsp3) is 0.308. The van der Waals surface area contributed by atoms with Crippen LogP contribution < -0.4 is 4.72 Å². The number of ether oxygens (including phenoxy) is 1. The minimum Gasteiger partial charge on any atom is -0.385 e. The highest BCUT2D eigenvalue weighted by Crippen LogP contribution is 2.21. The molecule has 102 valence electrons. The summed E-state index contributed by atoms with van der Waals surface area (Å²) in [6.07, 6.45) is 3.88. The number of hydrogen-bond acceptors (Lipinski definition) is 4. The molecule has 0 amide bonds. The molecule has 0 saturated carbocycles. The Morgan fingerprint density at radius 2 is 2.16 bits per heavy atom. The van der Waals surface area contributed by atoms with Gasteiger partial charge in [-0.25, -0.2) is 13.1 Å². The van der Waals surface area contributed by atoms with E-state index in [4.69, 9.17) is 4.74 Å². The topological polar surface area (TPSA) is 68.3 Å². The second kappa shape index (κ2) is 6.10. The molecule has 6 heteroatoms. The fourth-order valence-corrected chi connectivity index (χ4v) is 3.13. The molecule has 0 spiro atoms. The Morgan fingerprint density at radius 1 is 1.32 bits per heavy atom. The molecule has 1 N–H and O–H groups in total. The molecule has 1 heterocycles. The van der Waals surface area contributed by atoms with Crippen LogP contribution in [0.4, 0.5) is 0 Å². The maximum absolute atomic E-state index is 12.2. The molecule has 0 radical (unpaired) electrons. The van der Waals surface area contributed by atoms with E-state index in [0.717, 1.165) is 5.39 Å². The van der Waals surface area contributed by atoms with Gasteiger partial charge in [-0.2, -0.15) is 0 Å². The summed E-state index contributed by atoms with van der Waals surface area (Å²) >= 11 is 0. The maximum atomic E-state index is 12.2. The third kappa shape index (κ3) is 3.28. The van der Waals surface area contributed by atoms with E-state index in [1.54, 1.807) is 37.7 Å². The summed E-state index contributed by atoms with van der Waals surface area (Å²) in [5.74, 6) is 0. The van der Waals surface area contributed by atoms with E-state index >= 15 is 0 Å². The summed E-state index contributed by atoms with van der Waals surface area (Å²) < 4.78 is 31.9. The lowest BCUT2D eigenvalue weighted by Crippen LogP contribution is -2.25. The first-order valence-electron chi connectivity index (χ1n) is 5.96. The van der Waals surface area contributed by atoms with Crippen molar-refractivity contribution in [2.24, 2.45) is 0 Å². The van der Waals surface area contributed by atoms with Crippen molar-refractivity contribution in [2.75, 3.05) is 20.3 Å². The highest BCUT2D eigenvalue weighted by molar-refractivity contribution is 7.89. The van der Waals surface area contributed by atoms with Crippen molar-refractivity contribution in [3.05, 3.63) is 36.7 Å². The van der Waals surface area contributed by atoms with Crippen LogP contribution in [0.2, 0.25) is 0 Å². The summed E-state index contributed by atoms with van der Waals surface area (Å²) in [5.41, 5.74) is 0. The number of nitrogens with one attached hydrogen (secondary N) is 1. The summed E-state index contributed by atoms with van der Waals surface area (Å²) in [7, 11) is -1.91. The highest BCUT2D eigenvalue weighted by Gasteiger charge is 2.16. The number of pyridine rings is 1. The van der Waals surface area contributed by atoms with Crippen molar-refractivity contribution >= 4 is 20.8 Å². The van der Waals surface area contributed by atoms with Gasteiger partial charge in [-0.1, -0.05) is 12.1 Å². The quantitative estimate of drug-likeness (QED) is 0.815. The summed E-state index contributed by atoms with van der Waals surface area (Å²) in [4.78, 5) is 4.27. The second-order valence-electron chi connectivity index (χ2n) is 4.10. The Kier molecular flexibility index (Phi) is 4.47. The fourth-order valence-electron chi connectivity index (χ4n) is 1.83. The molecular weight excluding hydrogens is 264 g/mol. The summed E-state index contributed by atoms with van der Waals surface area (Å²) in [6, 6.07) is 6.86. The summed E-state index contributed by atoms with van der Waals surface area (Å²) in [5, 5.41) is 1.49. The van der Waals surface area contributed by atoms with E-state index in [0.29, 0.717) is 25.0 Å². The number of aromatic nitrogens is 1. The van der Waals surface area contributed by atoms with Gasteiger partial charge >= 0.3 is 0 Å².